The Morgan fingerprint density at radius 3 is 2.23 bits per heavy atom. The van der Waals surface area contributed by atoms with Gasteiger partial charge in [-0.15, -0.1) is 0 Å². The molecule has 76 valence electrons. The van der Waals surface area contributed by atoms with Crippen molar-refractivity contribution in [3.8, 4) is 0 Å². The Morgan fingerprint density at radius 2 is 1.85 bits per heavy atom. The van der Waals surface area contributed by atoms with Gasteiger partial charge in [0.1, 0.15) is 0 Å². The third-order valence-electron chi connectivity index (χ3n) is 1.97. The quantitative estimate of drug-likeness (QED) is 0.608. The summed E-state index contributed by atoms with van der Waals surface area (Å²) in [7, 11) is -2.73. The highest BCUT2D eigenvalue weighted by molar-refractivity contribution is 8.08. The van der Waals surface area contributed by atoms with Crippen molar-refractivity contribution in [2.75, 3.05) is 18.1 Å². The molecule has 1 heterocycles. The minimum absolute atomic E-state index is 0.225. The number of carbonyl (C=O) groups is 1. The van der Waals surface area contributed by atoms with Crippen molar-refractivity contribution in [1.29, 1.82) is 0 Å². The summed E-state index contributed by atoms with van der Waals surface area (Å²) < 4.78 is 26.3. The van der Waals surface area contributed by atoms with Crippen molar-refractivity contribution in [3.05, 3.63) is 0 Å². The van der Waals surface area contributed by atoms with Gasteiger partial charge >= 0.3 is 5.97 Å². The monoisotopic (exact) mass is 224 g/mol. The molecule has 4 nitrogen and oxygen atoms in total. The molecule has 0 amide bonds. The molecule has 0 N–H and O–H groups in total. The molecule has 0 bridgehead atoms. The molecule has 1 aliphatic heterocycles. The summed E-state index contributed by atoms with van der Waals surface area (Å²) in [5.41, 5.74) is 0. The topological polar surface area (TPSA) is 60.4 Å². The van der Waals surface area contributed by atoms with Gasteiger partial charge in [0.2, 0.25) is 4.08 Å². The Morgan fingerprint density at radius 1 is 1.38 bits per heavy atom. The zero-order chi connectivity index (χ0) is 10.1. The van der Waals surface area contributed by atoms with Crippen molar-refractivity contribution in [2.45, 2.75) is 17.9 Å². The van der Waals surface area contributed by atoms with Crippen LogP contribution in [0.3, 0.4) is 0 Å². The molecule has 1 aliphatic rings. The molecule has 6 heteroatoms. The molecule has 1 fully saturated rings. The maximum absolute atomic E-state index is 11.4. The van der Waals surface area contributed by atoms with Gasteiger partial charge in [-0.25, -0.2) is 4.79 Å². The van der Waals surface area contributed by atoms with Crippen LogP contribution in [0.1, 0.15) is 13.8 Å². The fraction of sp³-hybridized carbons (Fsp3) is 0.857. The van der Waals surface area contributed by atoms with Gasteiger partial charge < -0.3 is 4.74 Å². The smallest absolute Gasteiger partial charge is 0.337 e. The van der Waals surface area contributed by atoms with Crippen LogP contribution in [0.15, 0.2) is 0 Å². The number of hydrogen-bond donors (Lipinski definition) is 0. The minimum atomic E-state index is -1.36. The van der Waals surface area contributed by atoms with E-state index in [-0.39, 0.29) is 6.61 Å². The Bertz CT molecular complexity index is 258. The summed E-state index contributed by atoms with van der Waals surface area (Å²) in [5, 5.41) is 0. The Hall–Kier alpha value is -0.230. The van der Waals surface area contributed by atoms with Gasteiger partial charge in [0, 0.05) is 11.5 Å². The van der Waals surface area contributed by atoms with Crippen molar-refractivity contribution >= 4 is 27.6 Å². The van der Waals surface area contributed by atoms with Crippen LogP contribution in [0.25, 0.3) is 0 Å². The summed E-state index contributed by atoms with van der Waals surface area (Å²) in [6.45, 7) is 3.34. The van der Waals surface area contributed by atoms with E-state index in [1.165, 1.54) is 6.92 Å². The van der Waals surface area contributed by atoms with E-state index in [1.807, 2.05) is 0 Å². The standard InChI is InChI=1S/C7H12O4S2/c1-3-11-6(8)7(2)12(9)4-5-13(7)10/h3-5H2,1-2H3/t12-,13-/m0/s1. The second-order valence-corrected chi connectivity index (χ2v) is 6.86. The van der Waals surface area contributed by atoms with Crippen LogP contribution >= 0.6 is 0 Å². The van der Waals surface area contributed by atoms with Crippen LogP contribution in [0.5, 0.6) is 0 Å². The number of rotatable bonds is 2. The number of esters is 1. The van der Waals surface area contributed by atoms with E-state index >= 15 is 0 Å². The first kappa shape index (κ1) is 10.8. The fourth-order valence-electron chi connectivity index (χ4n) is 1.09. The molecular weight excluding hydrogens is 212 g/mol. The van der Waals surface area contributed by atoms with Gasteiger partial charge in [-0.1, -0.05) is 0 Å². The van der Waals surface area contributed by atoms with Crippen molar-refractivity contribution < 1.29 is 17.9 Å². The SMILES string of the molecule is CCOC(=O)C1(C)[S@@](=O)CC[S@@]1=O. The van der Waals surface area contributed by atoms with Gasteiger partial charge in [0.15, 0.2) is 0 Å². The third kappa shape index (κ3) is 1.69. The van der Waals surface area contributed by atoms with Crippen LogP contribution < -0.4 is 0 Å². The molecular formula is C7H12O4S2. The van der Waals surface area contributed by atoms with E-state index in [4.69, 9.17) is 4.74 Å². The molecule has 0 aromatic carbocycles. The Labute approximate surface area is 81.9 Å². The zero-order valence-corrected chi connectivity index (χ0v) is 9.20. The lowest BCUT2D eigenvalue weighted by molar-refractivity contribution is -0.143. The zero-order valence-electron chi connectivity index (χ0n) is 7.57. The van der Waals surface area contributed by atoms with Crippen LogP contribution in [-0.4, -0.2) is 36.6 Å². The van der Waals surface area contributed by atoms with Crippen LogP contribution in [0.4, 0.5) is 0 Å². The summed E-state index contributed by atoms with van der Waals surface area (Å²) >= 11 is 0. The predicted octanol–water partition coefficient (Wildman–Crippen LogP) is -0.223. The predicted molar refractivity (Wildman–Crippen MR) is 51.1 cm³/mol. The van der Waals surface area contributed by atoms with Crippen molar-refractivity contribution in [1.82, 2.24) is 0 Å². The van der Waals surface area contributed by atoms with E-state index in [9.17, 15) is 13.2 Å². The van der Waals surface area contributed by atoms with Crippen molar-refractivity contribution in [3.63, 3.8) is 0 Å². The van der Waals surface area contributed by atoms with Gasteiger partial charge in [0.05, 0.1) is 28.2 Å². The number of hydrogen-bond acceptors (Lipinski definition) is 4. The average molecular weight is 224 g/mol. The molecule has 0 unspecified atom stereocenters. The molecule has 2 atom stereocenters. The largest absolute Gasteiger partial charge is 0.464 e. The first-order valence-electron chi connectivity index (χ1n) is 3.97. The summed E-state index contributed by atoms with van der Waals surface area (Å²) in [6.07, 6.45) is 0. The molecule has 0 aliphatic carbocycles. The second kappa shape index (κ2) is 3.88. The minimum Gasteiger partial charge on any atom is -0.464 e. The second-order valence-electron chi connectivity index (χ2n) is 2.77. The van der Waals surface area contributed by atoms with Crippen LogP contribution in [-0.2, 0) is 31.1 Å². The highest BCUT2D eigenvalue weighted by Gasteiger charge is 2.51. The normalized spacial score (nSPS) is 31.5. The van der Waals surface area contributed by atoms with E-state index in [2.05, 4.69) is 0 Å². The van der Waals surface area contributed by atoms with E-state index in [0.717, 1.165) is 0 Å². The molecule has 1 rings (SSSR count). The summed E-state index contributed by atoms with van der Waals surface area (Å²) in [5.74, 6) is 0.0355. The summed E-state index contributed by atoms with van der Waals surface area (Å²) in [6, 6.07) is 0. The Kier molecular flexibility index (Phi) is 3.23. The van der Waals surface area contributed by atoms with Crippen LogP contribution in [0, 0.1) is 0 Å². The van der Waals surface area contributed by atoms with E-state index in [0.29, 0.717) is 11.5 Å². The third-order valence-corrected chi connectivity index (χ3v) is 6.56. The molecule has 0 radical (unpaired) electrons. The lowest BCUT2D eigenvalue weighted by atomic mass is 10.5. The first-order chi connectivity index (χ1) is 6.03. The molecule has 13 heavy (non-hydrogen) atoms. The molecule has 1 saturated heterocycles. The lowest BCUT2D eigenvalue weighted by Gasteiger charge is -2.18. The highest BCUT2D eigenvalue weighted by Crippen LogP contribution is 2.27. The summed E-state index contributed by atoms with van der Waals surface area (Å²) in [4.78, 5) is 11.4. The maximum Gasteiger partial charge on any atom is 0.337 e. The van der Waals surface area contributed by atoms with E-state index in [1.54, 1.807) is 6.92 Å². The van der Waals surface area contributed by atoms with Gasteiger partial charge in [-0.05, 0) is 13.8 Å². The number of carbonyl (C=O) groups excluding carboxylic acids is 1. The molecule has 0 aromatic rings. The molecule has 0 saturated carbocycles. The highest BCUT2D eigenvalue weighted by atomic mass is 32.3. The van der Waals surface area contributed by atoms with Crippen LogP contribution in [0.2, 0.25) is 0 Å². The maximum atomic E-state index is 11.4. The first-order valence-corrected chi connectivity index (χ1v) is 6.61. The van der Waals surface area contributed by atoms with Gasteiger partial charge in [-0.2, -0.15) is 0 Å². The lowest BCUT2D eigenvalue weighted by Crippen LogP contribution is -2.41. The van der Waals surface area contributed by atoms with Crippen molar-refractivity contribution in [2.24, 2.45) is 0 Å². The van der Waals surface area contributed by atoms with Gasteiger partial charge in [0.25, 0.3) is 0 Å². The van der Waals surface area contributed by atoms with E-state index < -0.39 is 31.6 Å². The molecule has 0 aromatic heterocycles. The average Bonchev–Trinajstić information content (AvgIpc) is 2.35. The number of ether oxygens (including phenoxy) is 1. The molecule has 0 spiro atoms. The Balaban J connectivity index is 2.90. The fourth-order valence-corrected chi connectivity index (χ4v) is 4.90. The van der Waals surface area contributed by atoms with Gasteiger partial charge in [-0.3, -0.25) is 8.42 Å².